The van der Waals surface area contributed by atoms with E-state index in [4.69, 9.17) is 0 Å². The van der Waals surface area contributed by atoms with E-state index in [0.29, 0.717) is 5.92 Å². The number of aromatic nitrogens is 4. The average molecular weight is 379 g/mol. The third-order valence-corrected chi connectivity index (χ3v) is 4.31. The van der Waals surface area contributed by atoms with Crippen molar-refractivity contribution in [1.82, 2.24) is 25.0 Å². The van der Waals surface area contributed by atoms with Gasteiger partial charge < -0.3 is 14.4 Å². The minimum Gasteiger partial charge on any atom is -0.354 e. The van der Waals surface area contributed by atoms with Crippen molar-refractivity contribution in [2.24, 2.45) is 0 Å². The molecule has 1 aliphatic rings. The highest BCUT2D eigenvalue weighted by atomic mass is 19.4. The summed E-state index contributed by atoms with van der Waals surface area (Å²) in [5.74, 6) is -0.457. The molecule has 0 spiro atoms. The summed E-state index contributed by atoms with van der Waals surface area (Å²) in [5, 5.41) is 5.95. The summed E-state index contributed by atoms with van der Waals surface area (Å²) in [5.41, 5.74) is 1.74. The molecule has 0 saturated heterocycles. The van der Waals surface area contributed by atoms with Crippen LogP contribution in [0.3, 0.4) is 0 Å². The standard InChI is InChI=1S/C17H16F3N5O2/c18-17(19,20)16-23-13(24-27-16)7-8-21-14(26)9-25-12-4-2-1-3-11(12)22-15(25)10-5-6-10/h1-4,10H,5-9H2,(H,21,26). The van der Waals surface area contributed by atoms with Gasteiger partial charge in [0.05, 0.1) is 11.0 Å². The number of hydrogen-bond acceptors (Lipinski definition) is 5. The number of fused-ring (bicyclic) bond motifs is 1. The van der Waals surface area contributed by atoms with Crippen molar-refractivity contribution in [3.63, 3.8) is 0 Å². The molecule has 0 radical (unpaired) electrons. The van der Waals surface area contributed by atoms with Crippen molar-refractivity contribution in [3.05, 3.63) is 41.8 Å². The van der Waals surface area contributed by atoms with Gasteiger partial charge in [0.15, 0.2) is 5.82 Å². The molecule has 1 aromatic carbocycles. The van der Waals surface area contributed by atoms with Gasteiger partial charge in [-0.05, 0) is 25.0 Å². The maximum atomic E-state index is 12.4. The van der Waals surface area contributed by atoms with Crippen LogP contribution in [0.4, 0.5) is 13.2 Å². The third-order valence-electron chi connectivity index (χ3n) is 4.31. The summed E-state index contributed by atoms with van der Waals surface area (Å²) in [6.45, 7) is 0.216. The van der Waals surface area contributed by atoms with Crippen molar-refractivity contribution in [1.29, 1.82) is 0 Å². The largest absolute Gasteiger partial charge is 0.471 e. The molecular formula is C17H16F3N5O2. The quantitative estimate of drug-likeness (QED) is 0.712. The summed E-state index contributed by atoms with van der Waals surface area (Å²) in [6, 6.07) is 7.61. The van der Waals surface area contributed by atoms with Crippen LogP contribution in [0.2, 0.25) is 0 Å². The average Bonchev–Trinajstić information content (AvgIpc) is 3.23. The first-order chi connectivity index (χ1) is 12.9. The second-order valence-corrected chi connectivity index (χ2v) is 6.43. The van der Waals surface area contributed by atoms with E-state index in [1.807, 2.05) is 28.8 Å². The van der Waals surface area contributed by atoms with E-state index in [2.05, 4.69) is 25.0 Å². The van der Waals surface area contributed by atoms with Crippen LogP contribution >= 0.6 is 0 Å². The number of benzene rings is 1. The predicted octanol–water partition coefficient (Wildman–Crippen LogP) is 2.67. The van der Waals surface area contributed by atoms with Crippen LogP contribution in [0.25, 0.3) is 11.0 Å². The Hall–Kier alpha value is -2.91. The van der Waals surface area contributed by atoms with Crippen LogP contribution in [-0.4, -0.2) is 32.1 Å². The number of alkyl halides is 3. The van der Waals surface area contributed by atoms with Gasteiger partial charge in [0.25, 0.3) is 0 Å². The van der Waals surface area contributed by atoms with E-state index < -0.39 is 12.1 Å². The Balaban J connectivity index is 1.38. The van der Waals surface area contributed by atoms with E-state index in [1.54, 1.807) is 0 Å². The fourth-order valence-corrected chi connectivity index (χ4v) is 2.90. The molecule has 1 N–H and O–H groups in total. The van der Waals surface area contributed by atoms with Gasteiger partial charge in [0.1, 0.15) is 12.4 Å². The van der Waals surface area contributed by atoms with Crippen LogP contribution in [0, 0.1) is 0 Å². The minimum absolute atomic E-state index is 0.0471. The lowest BCUT2D eigenvalue weighted by Crippen LogP contribution is -2.30. The van der Waals surface area contributed by atoms with Crippen molar-refractivity contribution < 1.29 is 22.5 Å². The first kappa shape index (κ1) is 17.5. The summed E-state index contributed by atoms with van der Waals surface area (Å²) in [4.78, 5) is 20.2. The number of nitrogens with one attached hydrogen (secondary N) is 1. The lowest BCUT2D eigenvalue weighted by molar-refractivity contribution is -0.159. The molecule has 0 unspecified atom stereocenters. The Bertz CT molecular complexity index is 975. The van der Waals surface area contributed by atoms with Gasteiger partial charge in [-0.25, -0.2) is 4.98 Å². The number of carbonyl (C=O) groups excluding carboxylic acids is 1. The first-order valence-corrected chi connectivity index (χ1v) is 8.53. The van der Waals surface area contributed by atoms with E-state index >= 15 is 0 Å². The van der Waals surface area contributed by atoms with Gasteiger partial charge in [0.2, 0.25) is 5.91 Å². The molecule has 1 fully saturated rings. The van der Waals surface area contributed by atoms with Crippen LogP contribution < -0.4 is 5.32 Å². The fraction of sp³-hybridized carbons (Fsp3) is 0.412. The normalized spacial score (nSPS) is 14.6. The number of amides is 1. The van der Waals surface area contributed by atoms with Gasteiger partial charge in [-0.1, -0.05) is 17.3 Å². The number of carbonyl (C=O) groups is 1. The highest BCUT2D eigenvalue weighted by Crippen LogP contribution is 2.40. The van der Waals surface area contributed by atoms with Crippen LogP contribution in [0.15, 0.2) is 28.8 Å². The van der Waals surface area contributed by atoms with Crippen LogP contribution in [0.1, 0.15) is 36.3 Å². The maximum Gasteiger partial charge on any atom is 0.471 e. The van der Waals surface area contributed by atoms with E-state index in [-0.39, 0.29) is 31.2 Å². The molecule has 1 amide bonds. The Kier molecular flexibility index (Phi) is 4.33. The zero-order valence-electron chi connectivity index (χ0n) is 14.2. The Morgan fingerprint density at radius 1 is 1.26 bits per heavy atom. The van der Waals surface area contributed by atoms with Gasteiger partial charge in [-0.15, -0.1) is 0 Å². The lowest BCUT2D eigenvalue weighted by Gasteiger charge is -2.09. The zero-order chi connectivity index (χ0) is 19.0. The molecular weight excluding hydrogens is 363 g/mol. The van der Waals surface area contributed by atoms with Gasteiger partial charge in [-0.2, -0.15) is 18.2 Å². The topological polar surface area (TPSA) is 85.8 Å². The number of imidazole rings is 1. The zero-order valence-corrected chi connectivity index (χ0v) is 14.2. The highest BCUT2D eigenvalue weighted by Gasteiger charge is 2.38. The predicted molar refractivity (Wildman–Crippen MR) is 87.7 cm³/mol. The van der Waals surface area contributed by atoms with Gasteiger partial charge >= 0.3 is 12.1 Å². The van der Waals surface area contributed by atoms with E-state index in [1.165, 1.54) is 0 Å². The Morgan fingerprint density at radius 2 is 2.04 bits per heavy atom. The molecule has 27 heavy (non-hydrogen) atoms. The summed E-state index contributed by atoms with van der Waals surface area (Å²) < 4.78 is 43.3. The Morgan fingerprint density at radius 3 is 2.74 bits per heavy atom. The number of halogens is 3. The van der Waals surface area contributed by atoms with Crippen molar-refractivity contribution >= 4 is 16.9 Å². The molecule has 0 atom stereocenters. The monoisotopic (exact) mass is 379 g/mol. The number of para-hydroxylation sites is 2. The summed E-state index contributed by atoms with van der Waals surface area (Å²) in [7, 11) is 0. The second-order valence-electron chi connectivity index (χ2n) is 6.43. The highest BCUT2D eigenvalue weighted by molar-refractivity contribution is 5.81. The molecule has 4 rings (SSSR count). The fourth-order valence-electron chi connectivity index (χ4n) is 2.90. The van der Waals surface area contributed by atoms with Crippen molar-refractivity contribution in [2.45, 2.75) is 37.9 Å². The molecule has 10 heteroatoms. The first-order valence-electron chi connectivity index (χ1n) is 8.53. The third kappa shape index (κ3) is 3.79. The second kappa shape index (κ2) is 6.67. The Labute approximate surface area is 151 Å². The maximum absolute atomic E-state index is 12.4. The smallest absolute Gasteiger partial charge is 0.354 e. The molecule has 2 aromatic heterocycles. The minimum atomic E-state index is -4.67. The van der Waals surface area contributed by atoms with Crippen LogP contribution in [0.5, 0.6) is 0 Å². The van der Waals surface area contributed by atoms with E-state index in [9.17, 15) is 18.0 Å². The molecule has 142 valence electrons. The summed E-state index contributed by atoms with van der Waals surface area (Å²) >= 11 is 0. The lowest BCUT2D eigenvalue weighted by atomic mass is 10.3. The van der Waals surface area contributed by atoms with Crippen molar-refractivity contribution in [3.8, 4) is 0 Å². The van der Waals surface area contributed by atoms with Gasteiger partial charge in [-0.3, -0.25) is 4.79 Å². The van der Waals surface area contributed by atoms with Gasteiger partial charge in [0, 0.05) is 18.9 Å². The SMILES string of the molecule is O=C(Cn1c(C2CC2)nc2ccccc21)NCCc1noc(C(F)(F)F)n1. The molecule has 1 saturated carbocycles. The van der Waals surface area contributed by atoms with Crippen molar-refractivity contribution in [2.75, 3.05) is 6.54 Å². The molecule has 1 aliphatic carbocycles. The van der Waals surface area contributed by atoms with E-state index in [0.717, 1.165) is 29.7 Å². The summed E-state index contributed by atoms with van der Waals surface area (Å²) in [6.07, 6.45) is -2.50. The molecule has 0 bridgehead atoms. The molecule has 7 nitrogen and oxygen atoms in total. The molecule has 0 aliphatic heterocycles. The van der Waals surface area contributed by atoms with Crippen LogP contribution in [-0.2, 0) is 23.9 Å². The molecule has 3 aromatic rings. The number of hydrogen-bond donors (Lipinski definition) is 1. The molecule has 2 heterocycles. The number of rotatable bonds is 6. The number of nitrogens with zero attached hydrogens (tertiary/aromatic N) is 4.